The van der Waals surface area contributed by atoms with Gasteiger partial charge in [-0.3, -0.25) is 10.1 Å². The van der Waals surface area contributed by atoms with E-state index in [2.05, 4.69) is 26.2 Å². The fourth-order valence-electron chi connectivity index (χ4n) is 3.21. The first-order valence-electron chi connectivity index (χ1n) is 9.03. The van der Waals surface area contributed by atoms with Gasteiger partial charge in [0.2, 0.25) is 0 Å². The number of aromatic nitrogens is 1. The monoisotopic (exact) mass is 446 g/mol. The number of carboxylic acids is 1. The van der Waals surface area contributed by atoms with Gasteiger partial charge in [0.05, 0.1) is 13.7 Å². The standard InChI is InChI=1S/C21H23BrN2O4/c1-3-28-20-14(8-15(22)10-19(20)27-2)12-24-18(21(25)26)9-13-11-23-17-7-5-4-6-16(13)17/h4-8,10-11,18,23-24H,3,9,12H2,1-2H3,(H,25,26). The van der Waals surface area contributed by atoms with Gasteiger partial charge in [0.15, 0.2) is 11.5 Å². The third kappa shape index (κ3) is 4.48. The second-order valence-electron chi connectivity index (χ2n) is 6.36. The summed E-state index contributed by atoms with van der Waals surface area (Å²) in [7, 11) is 1.58. The Bertz CT molecular complexity index is 970. The van der Waals surface area contributed by atoms with Gasteiger partial charge in [-0.05, 0) is 30.7 Å². The van der Waals surface area contributed by atoms with Crippen LogP contribution in [0, 0.1) is 0 Å². The molecule has 1 heterocycles. The number of fused-ring (bicyclic) bond motifs is 1. The number of methoxy groups -OCH3 is 1. The minimum Gasteiger partial charge on any atom is -0.493 e. The fraction of sp³-hybridized carbons (Fsp3) is 0.286. The molecule has 0 amide bonds. The average Bonchev–Trinajstić information content (AvgIpc) is 3.09. The Hall–Kier alpha value is -2.51. The lowest BCUT2D eigenvalue weighted by molar-refractivity contribution is -0.139. The van der Waals surface area contributed by atoms with Crippen LogP contribution in [0.3, 0.4) is 0 Å². The van der Waals surface area contributed by atoms with Crippen LogP contribution in [0.1, 0.15) is 18.1 Å². The number of aliphatic carboxylic acids is 1. The van der Waals surface area contributed by atoms with Crippen molar-refractivity contribution in [3.63, 3.8) is 0 Å². The number of nitrogens with one attached hydrogen (secondary N) is 2. The van der Waals surface area contributed by atoms with Gasteiger partial charge in [-0.15, -0.1) is 0 Å². The lowest BCUT2D eigenvalue weighted by atomic mass is 10.0. The maximum atomic E-state index is 11.8. The quantitative estimate of drug-likeness (QED) is 0.460. The first-order valence-corrected chi connectivity index (χ1v) is 9.83. The second kappa shape index (κ2) is 9.12. The molecule has 1 unspecified atom stereocenters. The second-order valence-corrected chi connectivity index (χ2v) is 7.28. The molecule has 3 aromatic rings. The highest BCUT2D eigenvalue weighted by molar-refractivity contribution is 9.10. The maximum Gasteiger partial charge on any atom is 0.321 e. The highest BCUT2D eigenvalue weighted by atomic mass is 79.9. The largest absolute Gasteiger partial charge is 0.493 e. The number of halogens is 1. The van der Waals surface area contributed by atoms with Gasteiger partial charge in [0.25, 0.3) is 0 Å². The Morgan fingerprint density at radius 1 is 1.29 bits per heavy atom. The topological polar surface area (TPSA) is 83.6 Å². The van der Waals surface area contributed by atoms with Gasteiger partial charge in [0.1, 0.15) is 6.04 Å². The molecule has 1 aromatic heterocycles. The minimum absolute atomic E-state index is 0.338. The number of benzene rings is 2. The maximum absolute atomic E-state index is 11.8. The van der Waals surface area contributed by atoms with Crippen molar-refractivity contribution in [3.8, 4) is 11.5 Å². The predicted octanol–water partition coefficient (Wildman–Crippen LogP) is 4.12. The SMILES string of the molecule is CCOc1c(CNC(Cc2c[nH]c3ccccc23)C(=O)O)cc(Br)cc1OC. The van der Waals surface area contributed by atoms with Crippen molar-refractivity contribution < 1.29 is 19.4 Å². The van der Waals surface area contributed by atoms with Crippen molar-refractivity contribution in [2.75, 3.05) is 13.7 Å². The third-order valence-corrected chi connectivity index (χ3v) is 5.00. The summed E-state index contributed by atoms with van der Waals surface area (Å²) in [5.41, 5.74) is 2.79. The zero-order valence-corrected chi connectivity index (χ0v) is 17.4. The van der Waals surface area contributed by atoms with Gasteiger partial charge in [0, 0.05) is 40.1 Å². The summed E-state index contributed by atoms with van der Waals surface area (Å²) in [5, 5.41) is 13.9. The lowest BCUT2D eigenvalue weighted by Gasteiger charge is -2.18. The van der Waals surface area contributed by atoms with Crippen molar-refractivity contribution >= 4 is 32.8 Å². The fourth-order valence-corrected chi connectivity index (χ4v) is 3.70. The van der Waals surface area contributed by atoms with Crippen LogP contribution in [-0.4, -0.2) is 35.8 Å². The number of hydrogen-bond donors (Lipinski definition) is 3. The molecule has 2 aromatic carbocycles. The zero-order chi connectivity index (χ0) is 20.1. The number of hydrogen-bond acceptors (Lipinski definition) is 4. The number of H-pyrrole nitrogens is 1. The van der Waals surface area contributed by atoms with Crippen molar-refractivity contribution in [2.24, 2.45) is 0 Å². The van der Waals surface area contributed by atoms with E-state index in [0.29, 0.717) is 31.1 Å². The van der Waals surface area contributed by atoms with Crippen LogP contribution < -0.4 is 14.8 Å². The Kier molecular flexibility index (Phi) is 6.59. The van der Waals surface area contributed by atoms with Crippen LogP contribution in [0.5, 0.6) is 11.5 Å². The molecule has 3 N–H and O–H groups in total. The van der Waals surface area contributed by atoms with E-state index in [1.807, 2.05) is 49.5 Å². The van der Waals surface area contributed by atoms with Gasteiger partial charge in [-0.25, -0.2) is 0 Å². The number of aromatic amines is 1. The number of para-hydroxylation sites is 1. The van der Waals surface area contributed by atoms with Crippen LogP contribution >= 0.6 is 15.9 Å². The summed E-state index contributed by atoms with van der Waals surface area (Å²) in [5.74, 6) is 0.332. The molecule has 7 heteroatoms. The van der Waals surface area contributed by atoms with Gasteiger partial charge >= 0.3 is 5.97 Å². The van der Waals surface area contributed by atoms with Gasteiger partial charge in [-0.1, -0.05) is 34.1 Å². The number of carbonyl (C=O) groups is 1. The number of ether oxygens (including phenoxy) is 2. The summed E-state index contributed by atoms with van der Waals surface area (Å²) < 4.78 is 12.0. The van der Waals surface area contributed by atoms with Crippen molar-refractivity contribution in [1.29, 1.82) is 0 Å². The van der Waals surface area contributed by atoms with E-state index < -0.39 is 12.0 Å². The molecule has 0 aliphatic rings. The summed E-state index contributed by atoms with van der Waals surface area (Å²) in [6.07, 6.45) is 2.24. The molecule has 148 valence electrons. The third-order valence-electron chi connectivity index (χ3n) is 4.54. The highest BCUT2D eigenvalue weighted by Gasteiger charge is 2.21. The first kappa shape index (κ1) is 20.2. The minimum atomic E-state index is -0.898. The lowest BCUT2D eigenvalue weighted by Crippen LogP contribution is -2.38. The molecule has 28 heavy (non-hydrogen) atoms. The molecule has 0 spiro atoms. The molecule has 0 radical (unpaired) electrons. The van der Waals surface area contributed by atoms with E-state index in [4.69, 9.17) is 9.47 Å². The molecule has 0 saturated heterocycles. The molecule has 0 saturated carbocycles. The molecule has 1 atom stereocenters. The van der Waals surface area contributed by atoms with E-state index in [-0.39, 0.29) is 0 Å². The normalized spacial score (nSPS) is 12.1. The zero-order valence-electron chi connectivity index (χ0n) is 15.8. The van der Waals surface area contributed by atoms with E-state index in [0.717, 1.165) is 26.5 Å². The van der Waals surface area contributed by atoms with Crippen LogP contribution in [0.4, 0.5) is 0 Å². The van der Waals surface area contributed by atoms with E-state index in [1.165, 1.54) is 0 Å². The molecule has 0 aliphatic carbocycles. The van der Waals surface area contributed by atoms with Gasteiger partial charge < -0.3 is 19.6 Å². The van der Waals surface area contributed by atoms with Crippen molar-refractivity contribution in [1.82, 2.24) is 10.3 Å². The van der Waals surface area contributed by atoms with Crippen LogP contribution in [0.2, 0.25) is 0 Å². The van der Waals surface area contributed by atoms with E-state index in [9.17, 15) is 9.90 Å². The smallest absolute Gasteiger partial charge is 0.321 e. The number of carboxylic acid groups (broad SMARTS) is 1. The van der Waals surface area contributed by atoms with E-state index >= 15 is 0 Å². The molecular weight excluding hydrogens is 424 g/mol. The Balaban J connectivity index is 1.81. The average molecular weight is 447 g/mol. The molecule has 0 fully saturated rings. The molecule has 3 rings (SSSR count). The van der Waals surface area contributed by atoms with Gasteiger partial charge in [-0.2, -0.15) is 0 Å². The Labute approximate surface area is 172 Å². The van der Waals surface area contributed by atoms with Crippen LogP contribution in [-0.2, 0) is 17.8 Å². The molecular formula is C21H23BrN2O4. The summed E-state index contributed by atoms with van der Waals surface area (Å²) in [6, 6.07) is 10.9. The predicted molar refractivity (Wildman–Crippen MR) is 112 cm³/mol. The molecule has 6 nitrogen and oxygen atoms in total. The first-order chi connectivity index (χ1) is 13.5. The molecule has 0 aliphatic heterocycles. The van der Waals surface area contributed by atoms with E-state index in [1.54, 1.807) is 7.11 Å². The van der Waals surface area contributed by atoms with Crippen LogP contribution in [0.15, 0.2) is 47.1 Å². The summed E-state index contributed by atoms with van der Waals surface area (Å²) in [4.78, 5) is 15.0. The summed E-state index contributed by atoms with van der Waals surface area (Å²) >= 11 is 3.47. The van der Waals surface area contributed by atoms with Crippen molar-refractivity contribution in [3.05, 3.63) is 58.2 Å². The van der Waals surface area contributed by atoms with Crippen LogP contribution in [0.25, 0.3) is 10.9 Å². The van der Waals surface area contributed by atoms with Crippen molar-refractivity contribution in [2.45, 2.75) is 25.9 Å². The Morgan fingerprint density at radius 3 is 2.79 bits per heavy atom. The number of rotatable bonds is 9. The Morgan fingerprint density at radius 2 is 2.07 bits per heavy atom. The molecule has 0 bridgehead atoms. The summed E-state index contributed by atoms with van der Waals surface area (Å²) in [6.45, 7) is 2.73. The highest BCUT2D eigenvalue weighted by Crippen LogP contribution is 2.35.